The van der Waals surface area contributed by atoms with Gasteiger partial charge in [0, 0.05) is 13.1 Å². The molecule has 3 N–H and O–H groups in total. The van der Waals surface area contributed by atoms with Crippen molar-refractivity contribution in [1.82, 2.24) is 10.2 Å². The van der Waals surface area contributed by atoms with Gasteiger partial charge in [-0.2, -0.15) is 5.26 Å². The summed E-state index contributed by atoms with van der Waals surface area (Å²) in [5, 5.41) is 27.8. The van der Waals surface area contributed by atoms with Gasteiger partial charge >= 0.3 is 18.0 Å². The maximum absolute atomic E-state index is 11.6. The van der Waals surface area contributed by atoms with Gasteiger partial charge in [0.25, 0.3) is 0 Å². The molecule has 8 heteroatoms. The Morgan fingerprint density at radius 2 is 2.00 bits per heavy atom. The number of nitrogens with zero attached hydrogens (tertiary/aromatic N) is 2. The maximum atomic E-state index is 11.6. The molecule has 8 nitrogen and oxygen atoms in total. The molecule has 0 fully saturated rings. The zero-order chi connectivity index (χ0) is 14.1. The number of nitriles is 1. The van der Waals surface area contributed by atoms with Crippen LogP contribution in [-0.2, 0) is 9.59 Å². The second-order valence-electron chi connectivity index (χ2n) is 3.43. The summed E-state index contributed by atoms with van der Waals surface area (Å²) in [7, 11) is 0. The molecule has 0 heterocycles. The van der Waals surface area contributed by atoms with Crippen LogP contribution in [0.1, 0.15) is 19.8 Å². The molecule has 0 rings (SSSR count). The van der Waals surface area contributed by atoms with Crippen LogP contribution in [-0.4, -0.2) is 52.2 Å². The summed E-state index contributed by atoms with van der Waals surface area (Å²) in [5.74, 6) is -2.73. The third kappa shape index (κ3) is 5.69. The Balaban J connectivity index is 4.52. The Morgan fingerprint density at radius 3 is 2.39 bits per heavy atom. The van der Waals surface area contributed by atoms with Crippen molar-refractivity contribution in [2.45, 2.75) is 25.8 Å². The Bertz CT molecular complexity index is 363. The van der Waals surface area contributed by atoms with Crippen molar-refractivity contribution in [3.63, 3.8) is 0 Å². The Morgan fingerprint density at radius 1 is 1.39 bits per heavy atom. The normalized spacial score (nSPS) is 11.1. The molecule has 0 aliphatic carbocycles. The lowest BCUT2D eigenvalue weighted by Crippen LogP contribution is -2.48. The van der Waals surface area contributed by atoms with E-state index < -0.39 is 30.4 Å². The Labute approximate surface area is 104 Å². The fraction of sp³-hybridized carbons (Fsp3) is 0.600. The van der Waals surface area contributed by atoms with E-state index in [4.69, 9.17) is 15.5 Å². The number of hydrogen-bond donors (Lipinski definition) is 3. The summed E-state index contributed by atoms with van der Waals surface area (Å²) < 4.78 is 0. The number of carbonyl (C=O) groups is 3. The van der Waals surface area contributed by atoms with Crippen molar-refractivity contribution in [3.05, 3.63) is 0 Å². The van der Waals surface area contributed by atoms with Crippen molar-refractivity contribution in [1.29, 1.82) is 5.26 Å². The van der Waals surface area contributed by atoms with Gasteiger partial charge in [0.05, 0.1) is 18.9 Å². The molecule has 0 saturated heterocycles. The van der Waals surface area contributed by atoms with Crippen molar-refractivity contribution in [3.8, 4) is 6.07 Å². The summed E-state index contributed by atoms with van der Waals surface area (Å²) in [4.78, 5) is 34.0. The largest absolute Gasteiger partial charge is 0.481 e. The molecule has 0 aromatic carbocycles. The number of rotatable bonds is 7. The van der Waals surface area contributed by atoms with E-state index in [0.717, 1.165) is 0 Å². The molecule has 0 aliphatic rings. The molecule has 0 unspecified atom stereocenters. The quantitative estimate of drug-likeness (QED) is 0.581. The van der Waals surface area contributed by atoms with E-state index in [1.807, 2.05) is 6.07 Å². The Kier molecular flexibility index (Phi) is 6.88. The molecule has 0 spiro atoms. The monoisotopic (exact) mass is 257 g/mol. The highest BCUT2D eigenvalue weighted by atomic mass is 16.4. The first-order chi connectivity index (χ1) is 8.42. The van der Waals surface area contributed by atoms with Crippen LogP contribution < -0.4 is 5.32 Å². The molecule has 1 atom stereocenters. The number of nitrogens with one attached hydrogen (secondary N) is 1. The van der Waals surface area contributed by atoms with Crippen molar-refractivity contribution in [2.24, 2.45) is 0 Å². The second-order valence-corrected chi connectivity index (χ2v) is 3.43. The standard InChI is InChI=1S/C10H15N3O5/c1-2-13(5-3-4-11)10(18)12-7(9(16)17)6-8(14)15/h7H,2-3,5-6H2,1H3,(H,12,18)(H,14,15)(H,16,17)/t7-/m0/s1. The van der Waals surface area contributed by atoms with Crippen LogP contribution >= 0.6 is 0 Å². The van der Waals surface area contributed by atoms with Crippen LogP contribution in [0, 0.1) is 11.3 Å². The highest BCUT2D eigenvalue weighted by Crippen LogP contribution is 1.97. The van der Waals surface area contributed by atoms with Gasteiger partial charge in [-0.15, -0.1) is 0 Å². The minimum atomic E-state index is -1.48. The van der Waals surface area contributed by atoms with Gasteiger partial charge in [0.2, 0.25) is 0 Å². The van der Waals surface area contributed by atoms with E-state index in [0.29, 0.717) is 6.54 Å². The van der Waals surface area contributed by atoms with E-state index >= 15 is 0 Å². The van der Waals surface area contributed by atoms with E-state index in [2.05, 4.69) is 5.32 Å². The van der Waals surface area contributed by atoms with Gasteiger partial charge in [-0.1, -0.05) is 0 Å². The summed E-state index contributed by atoms with van der Waals surface area (Å²) in [6, 6.07) is -0.310. The van der Waals surface area contributed by atoms with Gasteiger partial charge in [-0.3, -0.25) is 4.79 Å². The van der Waals surface area contributed by atoms with Crippen molar-refractivity contribution < 1.29 is 24.6 Å². The first kappa shape index (κ1) is 15.7. The van der Waals surface area contributed by atoms with Crippen molar-refractivity contribution >= 4 is 18.0 Å². The van der Waals surface area contributed by atoms with E-state index in [1.165, 1.54) is 4.90 Å². The number of aliphatic carboxylic acids is 2. The highest BCUT2D eigenvalue weighted by molar-refractivity contribution is 5.86. The molecule has 0 saturated carbocycles. The van der Waals surface area contributed by atoms with Crippen LogP contribution in [0.3, 0.4) is 0 Å². The van der Waals surface area contributed by atoms with Gasteiger partial charge in [0.15, 0.2) is 0 Å². The molecular weight excluding hydrogens is 242 g/mol. The number of carboxylic acid groups (broad SMARTS) is 2. The minimum Gasteiger partial charge on any atom is -0.481 e. The first-order valence-electron chi connectivity index (χ1n) is 5.29. The first-order valence-corrected chi connectivity index (χ1v) is 5.29. The molecule has 0 aromatic rings. The molecule has 2 amide bonds. The van der Waals surface area contributed by atoms with Crippen LogP contribution in [0.4, 0.5) is 4.79 Å². The van der Waals surface area contributed by atoms with Crippen LogP contribution in [0.25, 0.3) is 0 Å². The van der Waals surface area contributed by atoms with E-state index in [1.54, 1.807) is 6.92 Å². The summed E-state index contributed by atoms with van der Waals surface area (Å²) in [6.45, 7) is 2.13. The average molecular weight is 257 g/mol. The number of amides is 2. The van der Waals surface area contributed by atoms with Crippen LogP contribution in [0.15, 0.2) is 0 Å². The van der Waals surface area contributed by atoms with Crippen molar-refractivity contribution in [2.75, 3.05) is 13.1 Å². The van der Waals surface area contributed by atoms with Crippen LogP contribution in [0.2, 0.25) is 0 Å². The smallest absolute Gasteiger partial charge is 0.326 e. The molecule has 0 aliphatic heterocycles. The van der Waals surface area contributed by atoms with Gasteiger partial charge < -0.3 is 20.4 Å². The fourth-order valence-corrected chi connectivity index (χ4v) is 1.20. The lowest BCUT2D eigenvalue weighted by atomic mass is 10.2. The lowest BCUT2D eigenvalue weighted by Gasteiger charge is -2.22. The predicted molar refractivity (Wildman–Crippen MR) is 59.7 cm³/mol. The third-order valence-corrected chi connectivity index (χ3v) is 2.14. The van der Waals surface area contributed by atoms with E-state index in [-0.39, 0.29) is 13.0 Å². The van der Waals surface area contributed by atoms with Gasteiger partial charge in [-0.25, -0.2) is 9.59 Å². The minimum absolute atomic E-state index is 0.123. The SMILES string of the molecule is CCN(CCC#N)C(=O)N[C@@H](CC(=O)O)C(=O)O. The summed E-state index contributed by atoms with van der Waals surface area (Å²) in [5.41, 5.74) is 0. The second kappa shape index (κ2) is 7.89. The maximum Gasteiger partial charge on any atom is 0.326 e. The predicted octanol–water partition coefficient (Wildman–Crippen LogP) is -0.141. The third-order valence-electron chi connectivity index (χ3n) is 2.14. The summed E-state index contributed by atoms with van der Waals surface area (Å²) >= 11 is 0. The summed E-state index contributed by atoms with van der Waals surface area (Å²) in [6.07, 6.45) is -0.575. The molecule has 100 valence electrons. The molecular formula is C10H15N3O5. The van der Waals surface area contributed by atoms with Gasteiger partial charge in [-0.05, 0) is 6.92 Å². The zero-order valence-corrected chi connectivity index (χ0v) is 9.92. The van der Waals surface area contributed by atoms with Gasteiger partial charge in [0.1, 0.15) is 6.04 Å². The highest BCUT2D eigenvalue weighted by Gasteiger charge is 2.24. The number of carbonyl (C=O) groups excluding carboxylic acids is 1. The molecule has 0 bridgehead atoms. The zero-order valence-electron chi connectivity index (χ0n) is 9.92. The van der Waals surface area contributed by atoms with Crippen LogP contribution in [0.5, 0.6) is 0 Å². The average Bonchev–Trinajstić information content (AvgIpc) is 2.28. The lowest BCUT2D eigenvalue weighted by molar-refractivity contribution is -0.145. The number of carboxylic acids is 2. The number of urea groups is 1. The molecule has 0 radical (unpaired) electrons. The molecule has 18 heavy (non-hydrogen) atoms. The fourth-order valence-electron chi connectivity index (χ4n) is 1.20. The molecule has 0 aromatic heterocycles. The topological polar surface area (TPSA) is 131 Å². The van der Waals surface area contributed by atoms with E-state index in [9.17, 15) is 14.4 Å². The number of hydrogen-bond acceptors (Lipinski definition) is 4. The Hall–Kier alpha value is -2.30.